The molecule has 0 unspecified atom stereocenters. The molecule has 0 fully saturated rings. The van der Waals surface area contributed by atoms with Crippen LogP contribution < -0.4 is 14.8 Å². The second-order valence-corrected chi connectivity index (χ2v) is 8.54. The summed E-state index contributed by atoms with van der Waals surface area (Å²) in [6.07, 6.45) is 0. The number of thiophene rings is 1. The smallest absolute Gasteiger partial charge is 0.337 e. The molecule has 0 atom stereocenters. The van der Waals surface area contributed by atoms with Crippen molar-refractivity contribution in [3.8, 4) is 5.75 Å². The van der Waals surface area contributed by atoms with Crippen LogP contribution in [0.2, 0.25) is 0 Å². The van der Waals surface area contributed by atoms with Gasteiger partial charge in [-0.05, 0) is 41.8 Å². The molecule has 1 amide bonds. The second kappa shape index (κ2) is 8.97. The van der Waals surface area contributed by atoms with Crippen LogP contribution in [0, 0.1) is 0 Å². The van der Waals surface area contributed by atoms with E-state index in [9.17, 15) is 18.0 Å². The van der Waals surface area contributed by atoms with Gasteiger partial charge >= 0.3 is 5.97 Å². The van der Waals surface area contributed by atoms with Gasteiger partial charge in [-0.3, -0.25) is 9.52 Å². The van der Waals surface area contributed by atoms with Crippen molar-refractivity contribution >= 4 is 44.6 Å². The Balaban J connectivity index is 1.86. The highest BCUT2D eigenvalue weighted by Crippen LogP contribution is 2.30. The Morgan fingerprint density at radius 1 is 0.967 bits per heavy atom. The van der Waals surface area contributed by atoms with Gasteiger partial charge in [0.1, 0.15) is 10.6 Å². The van der Waals surface area contributed by atoms with Gasteiger partial charge in [-0.25, -0.2) is 13.2 Å². The van der Waals surface area contributed by atoms with E-state index in [1.807, 2.05) is 0 Å². The number of anilines is 2. The van der Waals surface area contributed by atoms with Gasteiger partial charge in [-0.1, -0.05) is 18.2 Å². The number of carbonyl (C=O) groups excluding carboxylic acids is 2. The summed E-state index contributed by atoms with van der Waals surface area (Å²) in [5, 5.41) is 4.25. The first-order chi connectivity index (χ1) is 14.4. The van der Waals surface area contributed by atoms with Crippen LogP contribution in [0.4, 0.5) is 11.4 Å². The Morgan fingerprint density at radius 3 is 2.37 bits per heavy atom. The first-order valence-corrected chi connectivity index (χ1v) is 10.9. The van der Waals surface area contributed by atoms with Crippen molar-refractivity contribution in [1.29, 1.82) is 0 Å². The van der Waals surface area contributed by atoms with Crippen molar-refractivity contribution in [2.24, 2.45) is 0 Å². The summed E-state index contributed by atoms with van der Waals surface area (Å²) in [4.78, 5) is 24.8. The lowest BCUT2D eigenvalue weighted by Gasteiger charge is -2.12. The van der Waals surface area contributed by atoms with E-state index in [1.54, 1.807) is 23.6 Å². The van der Waals surface area contributed by atoms with Crippen molar-refractivity contribution < 1.29 is 27.5 Å². The maximum absolute atomic E-state index is 12.8. The predicted molar refractivity (Wildman–Crippen MR) is 114 cm³/mol. The van der Waals surface area contributed by atoms with Crippen molar-refractivity contribution in [1.82, 2.24) is 0 Å². The standard InChI is InChI=1S/C20H18N2O6S2/c1-27-17-9-8-13(20(24)28-2)12-16(17)21-19(23)18-15(10-11-29-18)22-30(25,26)14-6-4-3-5-7-14/h3-12,22H,1-2H3,(H,21,23). The average molecular weight is 447 g/mol. The molecule has 3 aromatic rings. The summed E-state index contributed by atoms with van der Waals surface area (Å²) in [7, 11) is -1.18. The van der Waals surface area contributed by atoms with Crippen molar-refractivity contribution in [2.45, 2.75) is 4.90 Å². The minimum Gasteiger partial charge on any atom is -0.495 e. The first-order valence-electron chi connectivity index (χ1n) is 8.59. The Bertz CT molecular complexity index is 1170. The van der Waals surface area contributed by atoms with Crippen LogP contribution in [-0.2, 0) is 14.8 Å². The molecule has 0 saturated heterocycles. The Morgan fingerprint density at radius 2 is 1.70 bits per heavy atom. The average Bonchev–Trinajstić information content (AvgIpc) is 3.21. The fraction of sp³-hybridized carbons (Fsp3) is 0.100. The minimum absolute atomic E-state index is 0.0787. The molecule has 0 aliphatic rings. The molecule has 0 radical (unpaired) electrons. The van der Waals surface area contributed by atoms with Crippen LogP contribution in [0.3, 0.4) is 0 Å². The van der Waals surface area contributed by atoms with E-state index in [2.05, 4.69) is 10.0 Å². The molecule has 8 nitrogen and oxygen atoms in total. The van der Waals surface area contributed by atoms with Crippen LogP contribution in [0.15, 0.2) is 64.9 Å². The normalized spacial score (nSPS) is 10.9. The van der Waals surface area contributed by atoms with E-state index < -0.39 is 21.9 Å². The third-order valence-electron chi connectivity index (χ3n) is 4.04. The lowest BCUT2D eigenvalue weighted by molar-refractivity contribution is 0.0600. The van der Waals surface area contributed by atoms with Gasteiger partial charge in [-0.15, -0.1) is 11.3 Å². The molecular weight excluding hydrogens is 428 g/mol. The number of nitrogens with one attached hydrogen (secondary N) is 2. The summed E-state index contributed by atoms with van der Waals surface area (Å²) in [6.45, 7) is 0. The van der Waals surface area contributed by atoms with Gasteiger partial charge < -0.3 is 14.8 Å². The zero-order valence-electron chi connectivity index (χ0n) is 16.0. The summed E-state index contributed by atoms with van der Waals surface area (Å²) < 4.78 is 37.5. The number of rotatable bonds is 7. The highest BCUT2D eigenvalue weighted by Gasteiger charge is 2.21. The molecule has 0 aliphatic heterocycles. The molecule has 2 N–H and O–H groups in total. The molecular formula is C20H18N2O6S2. The van der Waals surface area contributed by atoms with Gasteiger partial charge in [0.2, 0.25) is 0 Å². The van der Waals surface area contributed by atoms with Crippen molar-refractivity contribution in [3.05, 3.63) is 70.4 Å². The lowest BCUT2D eigenvalue weighted by atomic mass is 10.2. The maximum Gasteiger partial charge on any atom is 0.337 e. The number of benzene rings is 2. The Hall–Kier alpha value is -3.37. The van der Waals surface area contributed by atoms with Gasteiger partial charge in [-0.2, -0.15) is 0 Å². The zero-order valence-corrected chi connectivity index (χ0v) is 17.7. The van der Waals surface area contributed by atoms with Crippen LogP contribution in [0.5, 0.6) is 5.75 Å². The second-order valence-electron chi connectivity index (χ2n) is 5.94. The molecule has 3 rings (SSSR count). The molecule has 0 aliphatic carbocycles. The van der Waals surface area contributed by atoms with Crippen molar-refractivity contribution in [2.75, 3.05) is 24.3 Å². The fourth-order valence-electron chi connectivity index (χ4n) is 2.60. The topological polar surface area (TPSA) is 111 Å². The van der Waals surface area contributed by atoms with Crippen LogP contribution >= 0.6 is 11.3 Å². The molecule has 30 heavy (non-hydrogen) atoms. The monoisotopic (exact) mass is 446 g/mol. The summed E-state index contributed by atoms with van der Waals surface area (Å²) in [5.74, 6) is -0.796. The van der Waals surface area contributed by atoms with E-state index in [1.165, 1.54) is 50.6 Å². The number of methoxy groups -OCH3 is 2. The van der Waals surface area contributed by atoms with E-state index in [4.69, 9.17) is 9.47 Å². The molecule has 0 saturated carbocycles. The lowest BCUT2D eigenvalue weighted by Crippen LogP contribution is -2.17. The molecule has 156 valence electrons. The van der Waals surface area contributed by atoms with Crippen molar-refractivity contribution in [3.63, 3.8) is 0 Å². The van der Waals surface area contributed by atoms with Gasteiger partial charge in [0.25, 0.3) is 15.9 Å². The number of esters is 1. The van der Waals surface area contributed by atoms with Crippen LogP contribution in [0.1, 0.15) is 20.0 Å². The van der Waals surface area contributed by atoms with E-state index in [-0.39, 0.29) is 26.7 Å². The number of ether oxygens (including phenoxy) is 2. The van der Waals surface area contributed by atoms with E-state index in [0.717, 1.165) is 11.3 Å². The minimum atomic E-state index is -3.86. The number of amides is 1. The molecule has 0 spiro atoms. The number of hydrogen-bond acceptors (Lipinski definition) is 7. The Labute approximate surface area is 177 Å². The van der Waals surface area contributed by atoms with Gasteiger partial charge in [0.05, 0.1) is 36.1 Å². The molecule has 1 heterocycles. The maximum atomic E-state index is 12.8. The molecule has 1 aromatic heterocycles. The molecule has 10 heteroatoms. The summed E-state index contributed by atoms with van der Waals surface area (Å²) in [6, 6.07) is 13.8. The van der Waals surface area contributed by atoms with E-state index in [0.29, 0.717) is 5.75 Å². The summed E-state index contributed by atoms with van der Waals surface area (Å²) >= 11 is 1.07. The van der Waals surface area contributed by atoms with Gasteiger partial charge in [0, 0.05) is 0 Å². The largest absolute Gasteiger partial charge is 0.495 e. The third kappa shape index (κ3) is 4.61. The molecule has 2 aromatic carbocycles. The number of sulfonamides is 1. The predicted octanol–water partition coefficient (Wildman–Crippen LogP) is 3.60. The van der Waals surface area contributed by atoms with Crippen LogP contribution in [-0.4, -0.2) is 34.5 Å². The highest BCUT2D eigenvalue weighted by molar-refractivity contribution is 7.92. The number of hydrogen-bond donors (Lipinski definition) is 2. The molecule has 0 bridgehead atoms. The third-order valence-corrected chi connectivity index (χ3v) is 6.33. The van der Waals surface area contributed by atoms with E-state index >= 15 is 0 Å². The summed E-state index contributed by atoms with van der Waals surface area (Å²) in [5.41, 5.74) is 0.616. The SMILES string of the molecule is COC(=O)c1ccc(OC)c(NC(=O)c2sccc2NS(=O)(=O)c2ccccc2)c1. The number of carbonyl (C=O) groups is 2. The quantitative estimate of drug-likeness (QED) is 0.537. The zero-order chi connectivity index (χ0) is 21.7. The van der Waals surface area contributed by atoms with Crippen LogP contribution in [0.25, 0.3) is 0 Å². The van der Waals surface area contributed by atoms with Gasteiger partial charge in [0.15, 0.2) is 0 Å². The highest BCUT2D eigenvalue weighted by atomic mass is 32.2. The Kier molecular flexibility index (Phi) is 6.38. The first kappa shape index (κ1) is 21.3. The fourth-order valence-corrected chi connectivity index (χ4v) is 4.50.